The van der Waals surface area contributed by atoms with Crippen molar-refractivity contribution in [3.05, 3.63) is 35.4 Å². The van der Waals surface area contributed by atoms with E-state index in [1.807, 2.05) is 18.2 Å². The summed E-state index contributed by atoms with van der Waals surface area (Å²) in [7, 11) is 0. The number of carbonyl (C=O) groups excluding carboxylic acids is 1. The molecule has 2 rings (SSSR count). The molecule has 0 aromatic heterocycles. The van der Waals surface area contributed by atoms with Gasteiger partial charge in [-0.2, -0.15) is 0 Å². The van der Waals surface area contributed by atoms with Crippen LogP contribution in [0.5, 0.6) is 0 Å². The van der Waals surface area contributed by atoms with E-state index in [-0.39, 0.29) is 5.91 Å². The lowest BCUT2D eigenvalue weighted by Gasteiger charge is -1.89. The Bertz CT molecular complexity index is 280. The molecule has 49 valence electrons. The van der Waals surface area contributed by atoms with E-state index in [0.29, 0.717) is 6.54 Å². The molecule has 0 saturated heterocycles. The van der Waals surface area contributed by atoms with Crippen molar-refractivity contribution in [1.29, 1.82) is 0 Å². The third-order valence-electron chi connectivity index (χ3n) is 1.61. The van der Waals surface area contributed by atoms with E-state index in [1.54, 1.807) is 0 Å². The fourth-order valence-corrected chi connectivity index (χ4v) is 1.09. The Morgan fingerprint density at radius 1 is 1.60 bits per heavy atom. The van der Waals surface area contributed by atoms with Crippen molar-refractivity contribution in [3.8, 4) is 0 Å². The molecule has 1 N–H and O–H groups in total. The molecule has 1 amide bonds. The Labute approximate surface area is 58.9 Å². The highest BCUT2D eigenvalue weighted by atomic mass is 16.1. The van der Waals surface area contributed by atoms with Crippen LogP contribution >= 0.6 is 0 Å². The lowest BCUT2D eigenvalue weighted by molar-refractivity contribution is 0.0966. The van der Waals surface area contributed by atoms with E-state index >= 15 is 0 Å². The van der Waals surface area contributed by atoms with E-state index in [0.717, 1.165) is 11.1 Å². The fourth-order valence-electron chi connectivity index (χ4n) is 1.09. The molecule has 1 aliphatic rings. The van der Waals surface area contributed by atoms with Crippen LogP contribution in [0.1, 0.15) is 15.9 Å². The Morgan fingerprint density at radius 2 is 2.50 bits per heavy atom. The summed E-state index contributed by atoms with van der Waals surface area (Å²) in [6.45, 7) is 0.634. The summed E-state index contributed by atoms with van der Waals surface area (Å²) in [5, 5.41) is 2.71. The molecule has 0 unspecified atom stereocenters. The highest BCUT2D eigenvalue weighted by molar-refractivity contribution is 5.98. The molecule has 0 bridgehead atoms. The summed E-state index contributed by atoms with van der Waals surface area (Å²) < 4.78 is 0. The average Bonchev–Trinajstić information content (AvgIpc) is 2.34. The summed E-state index contributed by atoms with van der Waals surface area (Å²) in [4.78, 5) is 10.9. The van der Waals surface area contributed by atoms with Gasteiger partial charge >= 0.3 is 0 Å². The number of amides is 1. The average molecular weight is 132 g/mol. The second-order valence-corrected chi connectivity index (χ2v) is 2.25. The Morgan fingerprint density at radius 3 is 3.30 bits per heavy atom. The van der Waals surface area contributed by atoms with Crippen LogP contribution in [0, 0.1) is 6.07 Å². The molecule has 1 aliphatic heterocycles. The number of hydrogen-bond donors (Lipinski definition) is 1. The zero-order valence-electron chi connectivity index (χ0n) is 5.35. The van der Waals surface area contributed by atoms with Crippen LogP contribution in [0.4, 0.5) is 0 Å². The van der Waals surface area contributed by atoms with Gasteiger partial charge < -0.3 is 5.32 Å². The smallest absolute Gasteiger partial charge is 0.251 e. The molecule has 1 aromatic rings. The van der Waals surface area contributed by atoms with Crippen LogP contribution in [-0.2, 0) is 6.54 Å². The lowest BCUT2D eigenvalue weighted by Crippen LogP contribution is -2.12. The molecule has 0 aliphatic carbocycles. The molecule has 0 spiro atoms. The zero-order valence-corrected chi connectivity index (χ0v) is 5.35. The zero-order chi connectivity index (χ0) is 6.97. The summed E-state index contributed by atoms with van der Waals surface area (Å²) >= 11 is 0. The molecule has 2 heteroatoms. The van der Waals surface area contributed by atoms with Crippen LogP contribution in [-0.4, -0.2) is 5.91 Å². The van der Waals surface area contributed by atoms with Crippen molar-refractivity contribution in [3.63, 3.8) is 0 Å². The number of nitrogens with one attached hydrogen (secondary N) is 1. The van der Waals surface area contributed by atoms with Crippen LogP contribution in [0.2, 0.25) is 0 Å². The minimum absolute atomic E-state index is 0.0202. The standard InChI is InChI=1S/C8H6NO/c10-8-7-4-2-1-3-6(7)5-9-8/h1-2,4H,5H2,(H,9,10). The summed E-state index contributed by atoms with van der Waals surface area (Å²) in [5.41, 5.74) is 1.75. The van der Waals surface area contributed by atoms with Gasteiger partial charge in [-0.3, -0.25) is 4.79 Å². The number of carbonyl (C=O) groups is 1. The van der Waals surface area contributed by atoms with E-state index in [4.69, 9.17) is 0 Å². The predicted molar refractivity (Wildman–Crippen MR) is 36.4 cm³/mol. The number of benzene rings is 1. The minimum Gasteiger partial charge on any atom is -0.348 e. The Balaban J connectivity index is 2.61. The van der Waals surface area contributed by atoms with Crippen LogP contribution < -0.4 is 5.32 Å². The second-order valence-electron chi connectivity index (χ2n) is 2.25. The molecule has 1 radical (unpaired) electrons. The van der Waals surface area contributed by atoms with Gasteiger partial charge in [0.05, 0.1) is 0 Å². The lowest BCUT2D eigenvalue weighted by atomic mass is 10.1. The van der Waals surface area contributed by atoms with Crippen molar-refractivity contribution >= 4 is 5.91 Å². The predicted octanol–water partition coefficient (Wildman–Crippen LogP) is 0.730. The van der Waals surface area contributed by atoms with Gasteiger partial charge in [-0.15, -0.1) is 0 Å². The summed E-state index contributed by atoms with van der Waals surface area (Å²) in [6.07, 6.45) is 0. The molecule has 1 heterocycles. The minimum atomic E-state index is 0.0202. The van der Waals surface area contributed by atoms with Crippen LogP contribution in [0.3, 0.4) is 0 Å². The van der Waals surface area contributed by atoms with Crippen molar-refractivity contribution in [1.82, 2.24) is 5.32 Å². The third kappa shape index (κ3) is 0.620. The van der Waals surface area contributed by atoms with Crippen LogP contribution in [0.25, 0.3) is 0 Å². The van der Waals surface area contributed by atoms with Crippen molar-refractivity contribution in [2.75, 3.05) is 0 Å². The first-order valence-corrected chi connectivity index (χ1v) is 3.16. The molecule has 1 aromatic carbocycles. The van der Waals surface area contributed by atoms with Gasteiger partial charge in [-0.05, 0) is 17.7 Å². The first-order chi connectivity index (χ1) is 4.88. The first-order valence-electron chi connectivity index (χ1n) is 3.16. The largest absolute Gasteiger partial charge is 0.348 e. The Hall–Kier alpha value is -1.31. The van der Waals surface area contributed by atoms with Gasteiger partial charge in [-0.1, -0.05) is 12.1 Å². The highest BCUT2D eigenvalue weighted by Gasteiger charge is 2.16. The van der Waals surface area contributed by atoms with Gasteiger partial charge in [0.25, 0.3) is 5.91 Å². The SMILES string of the molecule is O=C1NCc2[c]cccc21. The molecule has 0 atom stereocenters. The van der Waals surface area contributed by atoms with Crippen LogP contribution in [0.15, 0.2) is 18.2 Å². The van der Waals surface area contributed by atoms with E-state index < -0.39 is 0 Å². The van der Waals surface area contributed by atoms with Crippen molar-refractivity contribution in [2.24, 2.45) is 0 Å². The summed E-state index contributed by atoms with van der Waals surface area (Å²) in [5.74, 6) is 0.0202. The maximum absolute atomic E-state index is 10.9. The molecule has 0 fully saturated rings. The topological polar surface area (TPSA) is 29.1 Å². The molecular formula is C8H6NO. The quantitative estimate of drug-likeness (QED) is 0.554. The number of fused-ring (bicyclic) bond motifs is 1. The van der Waals surface area contributed by atoms with E-state index in [1.165, 1.54) is 0 Å². The third-order valence-corrected chi connectivity index (χ3v) is 1.61. The maximum Gasteiger partial charge on any atom is 0.251 e. The van der Waals surface area contributed by atoms with Crippen molar-refractivity contribution in [2.45, 2.75) is 6.54 Å². The van der Waals surface area contributed by atoms with Crippen molar-refractivity contribution < 1.29 is 4.79 Å². The van der Waals surface area contributed by atoms with Gasteiger partial charge in [0.1, 0.15) is 0 Å². The highest BCUT2D eigenvalue weighted by Crippen LogP contribution is 2.12. The van der Waals surface area contributed by atoms with Gasteiger partial charge in [0.2, 0.25) is 0 Å². The second kappa shape index (κ2) is 1.84. The van der Waals surface area contributed by atoms with Gasteiger partial charge in [-0.25, -0.2) is 0 Å². The van der Waals surface area contributed by atoms with E-state index in [9.17, 15) is 4.79 Å². The molecule has 0 saturated carbocycles. The monoisotopic (exact) mass is 132 g/mol. The Kier molecular flexibility index (Phi) is 1.01. The number of rotatable bonds is 0. The summed E-state index contributed by atoms with van der Waals surface area (Å²) in [6, 6.07) is 8.45. The number of hydrogen-bond acceptors (Lipinski definition) is 1. The van der Waals surface area contributed by atoms with Gasteiger partial charge in [0, 0.05) is 12.1 Å². The normalized spacial score (nSPS) is 14.6. The van der Waals surface area contributed by atoms with Gasteiger partial charge in [0.15, 0.2) is 0 Å². The molecular weight excluding hydrogens is 126 g/mol. The first kappa shape index (κ1) is 5.47. The maximum atomic E-state index is 10.9. The fraction of sp³-hybridized carbons (Fsp3) is 0.125. The van der Waals surface area contributed by atoms with E-state index in [2.05, 4.69) is 11.4 Å². The molecule has 10 heavy (non-hydrogen) atoms. The molecule has 2 nitrogen and oxygen atoms in total.